The Balaban J connectivity index is 2.96. The van der Waals surface area contributed by atoms with Gasteiger partial charge in [-0.05, 0) is 31.4 Å². The molecule has 0 N–H and O–H groups in total. The van der Waals surface area contributed by atoms with Crippen LogP contribution in [-0.4, -0.2) is 19.4 Å². The summed E-state index contributed by atoms with van der Waals surface area (Å²) in [6.07, 6.45) is 1.02. The second kappa shape index (κ2) is 5.80. The van der Waals surface area contributed by atoms with Crippen molar-refractivity contribution in [3.05, 3.63) is 29.6 Å². The molecule has 2 nitrogen and oxygen atoms in total. The van der Waals surface area contributed by atoms with Gasteiger partial charge in [0.25, 0.3) is 0 Å². The number of Topliss-reactive ketones (excluding diaryl/α,β-unsaturated/α-hetero) is 1. The molecule has 0 aliphatic rings. The van der Waals surface area contributed by atoms with Crippen LogP contribution in [0.15, 0.2) is 18.2 Å². The Hall–Kier alpha value is -1.38. The summed E-state index contributed by atoms with van der Waals surface area (Å²) in [5, 5.41) is 0. The van der Waals surface area contributed by atoms with Crippen LogP contribution in [0.4, 0.5) is 10.1 Å². The van der Waals surface area contributed by atoms with Crippen LogP contribution in [0.3, 0.4) is 0 Å². The topological polar surface area (TPSA) is 20.3 Å². The fourth-order valence-electron chi connectivity index (χ4n) is 1.75. The molecule has 3 heteroatoms. The monoisotopic (exact) mass is 237 g/mol. The average Bonchev–Trinajstić information content (AvgIpc) is 2.24. The number of carbonyl (C=O) groups excluding carboxylic acids is 1. The van der Waals surface area contributed by atoms with Gasteiger partial charge in [0.05, 0.1) is 11.3 Å². The molecule has 1 aromatic carbocycles. The minimum atomic E-state index is -0.439. The molecule has 0 unspecified atom stereocenters. The maximum Gasteiger partial charge on any atom is 0.164 e. The van der Waals surface area contributed by atoms with Crippen molar-refractivity contribution in [2.24, 2.45) is 5.92 Å². The molecule has 17 heavy (non-hydrogen) atoms. The third-order valence-corrected chi connectivity index (χ3v) is 2.80. The van der Waals surface area contributed by atoms with Crippen molar-refractivity contribution in [1.82, 2.24) is 0 Å². The molecule has 94 valence electrons. The predicted octanol–water partition coefficient (Wildman–Crippen LogP) is 3.51. The first-order chi connectivity index (χ1) is 7.93. The maximum atomic E-state index is 13.6. The van der Waals surface area contributed by atoms with Crippen LogP contribution in [0.5, 0.6) is 0 Å². The van der Waals surface area contributed by atoms with E-state index in [1.54, 1.807) is 12.1 Å². The summed E-state index contributed by atoms with van der Waals surface area (Å²) in [6, 6.07) is 4.76. The number of hydrogen-bond acceptors (Lipinski definition) is 2. The van der Waals surface area contributed by atoms with E-state index in [1.807, 2.05) is 11.9 Å². The Kier molecular flexibility index (Phi) is 4.67. The summed E-state index contributed by atoms with van der Waals surface area (Å²) < 4.78 is 13.6. The predicted molar refractivity (Wildman–Crippen MR) is 69.1 cm³/mol. The van der Waals surface area contributed by atoms with Gasteiger partial charge in [0.15, 0.2) is 5.78 Å². The number of hydrogen-bond donors (Lipinski definition) is 0. The summed E-state index contributed by atoms with van der Waals surface area (Å²) in [4.78, 5) is 13.4. The van der Waals surface area contributed by atoms with Gasteiger partial charge in [-0.15, -0.1) is 0 Å². The Morgan fingerprint density at radius 3 is 2.59 bits per heavy atom. The summed E-state index contributed by atoms with van der Waals surface area (Å²) in [5.74, 6) is -0.0762. The van der Waals surface area contributed by atoms with Crippen molar-refractivity contribution in [3.63, 3.8) is 0 Å². The number of halogens is 1. The third-order valence-electron chi connectivity index (χ3n) is 2.80. The van der Waals surface area contributed by atoms with Crippen LogP contribution in [0.25, 0.3) is 0 Å². The lowest BCUT2D eigenvalue weighted by atomic mass is 10.1. The smallest absolute Gasteiger partial charge is 0.164 e. The van der Waals surface area contributed by atoms with E-state index in [0.717, 1.165) is 13.0 Å². The molecular formula is C14H20FNO. The largest absolute Gasteiger partial charge is 0.374 e. The first-order valence-electron chi connectivity index (χ1n) is 5.94. The van der Waals surface area contributed by atoms with Crippen LogP contribution < -0.4 is 4.90 Å². The zero-order chi connectivity index (χ0) is 13.0. The average molecular weight is 237 g/mol. The van der Waals surface area contributed by atoms with E-state index in [2.05, 4.69) is 13.8 Å². The van der Waals surface area contributed by atoms with Gasteiger partial charge in [0.2, 0.25) is 0 Å². The van der Waals surface area contributed by atoms with E-state index in [4.69, 9.17) is 0 Å². The summed E-state index contributed by atoms with van der Waals surface area (Å²) >= 11 is 0. The molecule has 1 rings (SSSR count). The van der Waals surface area contributed by atoms with Crippen LogP contribution in [0, 0.1) is 11.7 Å². The van der Waals surface area contributed by atoms with Gasteiger partial charge in [-0.3, -0.25) is 4.79 Å². The van der Waals surface area contributed by atoms with Crippen molar-refractivity contribution >= 4 is 11.5 Å². The zero-order valence-electron chi connectivity index (χ0n) is 11.0. The Morgan fingerprint density at radius 2 is 2.06 bits per heavy atom. The van der Waals surface area contributed by atoms with E-state index in [-0.39, 0.29) is 11.3 Å². The number of anilines is 1. The van der Waals surface area contributed by atoms with E-state index in [0.29, 0.717) is 11.6 Å². The lowest BCUT2D eigenvalue weighted by Gasteiger charge is -2.22. The van der Waals surface area contributed by atoms with Crippen molar-refractivity contribution in [3.8, 4) is 0 Å². The zero-order valence-corrected chi connectivity index (χ0v) is 11.0. The number of nitrogens with zero attached hydrogens (tertiary/aromatic N) is 1. The van der Waals surface area contributed by atoms with Gasteiger partial charge >= 0.3 is 0 Å². The van der Waals surface area contributed by atoms with E-state index >= 15 is 0 Å². The maximum absolute atomic E-state index is 13.6. The summed E-state index contributed by atoms with van der Waals surface area (Å²) in [6.45, 7) is 6.51. The highest BCUT2D eigenvalue weighted by atomic mass is 19.1. The van der Waals surface area contributed by atoms with Gasteiger partial charge in [-0.2, -0.15) is 0 Å². The van der Waals surface area contributed by atoms with E-state index in [9.17, 15) is 9.18 Å². The van der Waals surface area contributed by atoms with Crippen molar-refractivity contribution in [2.45, 2.75) is 27.2 Å². The molecule has 0 amide bonds. The normalized spacial score (nSPS) is 10.7. The summed E-state index contributed by atoms with van der Waals surface area (Å²) in [5.41, 5.74) is 0.872. The van der Waals surface area contributed by atoms with Gasteiger partial charge in [0, 0.05) is 13.6 Å². The van der Waals surface area contributed by atoms with E-state index in [1.165, 1.54) is 13.0 Å². The highest BCUT2D eigenvalue weighted by Crippen LogP contribution is 2.23. The fourth-order valence-corrected chi connectivity index (χ4v) is 1.75. The molecule has 0 atom stereocenters. The third kappa shape index (κ3) is 3.55. The Labute approximate surface area is 102 Å². The van der Waals surface area contributed by atoms with Crippen molar-refractivity contribution in [2.75, 3.05) is 18.5 Å². The molecule has 0 saturated heterocycles. The fraction of sp³-hybridized carbons (Fsp3) is 0.500. The second-order valence-corrected chi connectivity index (χ2v) is 4.79. The summed E-state index contributed by atoms with van der Waals surface area (Å²) in [7, 11) is 1.89. The molecule has 0 aliphatic heterocycles. The molecule has 0 heterocycles. The molecule has 0 aliphatic carbocycles. The van der Waals surface area contributed by atoms with Crippen LogP contribution in [0.1, 0.15) is 37.6 Å². The lowest BCUT2D eigenvalue weighted by molar-refractivity contribution is 0.101. The molecule has 0 spiro atoms. The minimum Gasteiger partial charge on any atom is -0.374 e. The highest BCUT2D eigenvalue weighted by Gasteiger charge is 2.15. The second-order valence-electron chi connectivity index (χ2n) is 4.79. The number of carbonyl (C=O) groups is 1. The van der Waals surface area contributed by atoms with Crippen molar-refractivity contribution in [1.29, 1.82) is 0 Å². The number of ketones is 1. The van der Waals surface area contributed by atoms with Gasteiger partial charge < -0.3 is 4.90 Å². The van der Waals surface area contributed by atoms with Gasteiger partial charge in [-0.1, -0.05) is 19.9 Å². The van der Waals surface area contributed by atoms with Gasteiger partial charge in [-0.25, -0.2) is 4.39 Å². The lowest BCUT2D eigenvalue weighted by Crippen LogP contribution is -2.22. The molecule has 0 fully saturated rings. The van der Waals surface area contributed by atoms with Crippen LogP contribution >= 0.6 is 0 Å². The standard InChI is InChI=1S/C14H20FNO/c1-10(2)8-9-16(4)13-7-5-6-12(15)14(13)11(3)17/h5-7,10H,8-9H2,1-4H3. The SMILES string of the molecule is CC(=O)c1c(F)cccc1N(C)CCC(C)C. The molecule has 0 aromatic heterocycles. The molecular weight excluding hydrogens is 217 g/mol. The first-order valence-corrected chi connectivity index (χ1v) is 5.94. The quantitative estimate of drug-likeness (QED) is 0.730. The van der Waals surface area contributed by atoms with Crippen LogP contribution in [0.2, 0.25) is 0 Å². The van der Waals surface area contributed by atoms with Crippen LogP contribution in [-0.2, 0) is 0 Å². The minimum absolute atomic E-state index is 0.193. The van der Waals surface area contributed by atoms with Gasteiger partial charge in [0.1, 0.15) is 5.82 Å². The highest BCUT2D eigenvalue weighted by molar-refractivity contribution is 5.99. The number of rotatable bonds is 5. The number of benzene rings is 1. The van der Waals surface area contributed by atoms with Crippen molar-refractivity contribution < 1.29 is 9.18 Å². The first kappa shape index (κ1) is 13.7. The Bertz CT molecular complexity index is 401. The van der Waals surface area contributed by atoms with E-state index < -0.39 is 5.82 Å². The molecule has 0 saturated carbocycles. The molecule has 0 bridgehead atoms. The Morgan fingerprint density at radius 1 is 1.41 bits per heavy atom. The molecule has 1 aromatic rings. The molecule has 0 radical (unpaired) electrons.